The molecule has 154 valence electrons. The lowest BCUT2D eigenvalue weighted by atomic mass is 9.61. The Kier molecular flexibility index (Phi) is 5.05. The zero-order valence-electron chi connectivity index (χ0n) is 16.0. The molecule has 3 aromatic rings. The molecule has 4 rings (SSSR count). The molecule has 0 aliphatic heterocycles. The number of nitrogens with one attached hydrogen (secondary N) is 1. The predicted octanol–water partition coefficient (Wildman–Crippen LogP) is 5.15. The van der Waals surface area contributed by atoms with Crippen molar-refractivity contribution in [2.75, 3.05) is 0 Å². The number of alkyl halides is 3. The molecule has 0 radical (unpaired) electrons. The maximum absolute atomic E-state index is 13.0. The number of benzene rings is 2. The SMILES string of the molecule is O=C(CC1(c2ccc(C(F)(F)F)cc2)CCC1)c1cc(=O)[nH]c(-c2ccccc2)n1. The number of carbonyl (C=O) groups is 1. The Bertz CT molecular complexity index is 1120. The molecule has 0 unspecified atom stereocenters. The highest BCUT2D eigenvalue weighted by Gasteiger charge is 2.41. The molecule has 0 atom stereocenters. The fraction of sp³-hybridized carbons (Fsp3) is 0.261. The summed E-state index contributed by atoms with van der Waals surface area (Å²) in [7, 11) is 0. The summed E-state index contributed by atoms with van der Waals surface area (Å²) in [6.07, 6.45) is -1.99. The summed E-state index contributed by atoms with van der Waals surface area (Å²) in [6.45, 7) is 0. The Labute approximate surface area is 170 Å². The Morgan fingerprint density at radius 2 is 1.70 bits per heavy atom. The Morgan fingerprint density at radius 1 is 1.03 bits per heavy atom. The predicted molar refractivity (Wildman–Crippen MR) is 106 cm³/mol. The number of halogens is 3. The van der Waals surface area contributed by atoms with Crippen LogP contribution in [0, 0.1) is 0 Å². The smallest absolute Gasteiger partial charge is 0.306 e. The standard InChI is InChI=1S/C23H19F3N2O2/c24-23(25,26)17-9-7-16(8-10-17)22(11-4-12-22)14-19(29)18-13-20(30)28-21(27-18)15-5-2-1-3-6-15/h1-3,5-10,13H,4,11-12,14H2,(H,27,28,30). The van der Waals surface area contributed by atoms with Gasteiger partial charge in [-0.3, -0.25) is 9.59 Å². The van der Waals surface area contributed by atoms with E-state index in [0.717, 1.165) is 18.6 Å². The first kappa shape index (κ1) is 20.1. The molecule has 0 bridgehead atoms. The van der Waals surface area contributed by atoms with Gasteiger partial charge in [-0.2, -0.15) is 13.2 Å². The first-order valence-electron chi connectivity index (χ1n) is 9.65. The van der Waals surface area contributed by atoms with Crippen molar-refractivity contribution in [3.63, 3.8) is 0 Å². The fourth-order valence-electron chi connectivity index (χ4n) is 3.91. The number of aromatic amines is 1. The second-order valence-electron chi connectivity index (χ2n) is 7.65. The number of hydrogen-bond acceptors (Lipinski definition) is 3. The van der Waals surface area contributed by atoms with E-state index >= 15 is 0 Å². The molecule has 0 amide bonds. The number of Topliss-reactive ketones (excluding diaryl/α,β-unsaturated/α-hetero) is 1. The highest BCUT2D eigenvalue weighted by Crippen LogP contribution is 2.47. The number of nitrogens with zero attached hydrogens (tertiary/aromatic N) is 1. The van der Waals surface area contributed by atoms with Gasteiger partial charge in [-0.15, -0.1) is 0 Å². The van der Waals surface area contributed by atoms with Crippen LogP contribution < -0.4 is 5.56 Å². The average Bonchev–Trinajstić information content (AvgIpc) is 2.70. The molecule has 1 saturated carbocycles. The van der Waals surface area contributed by atoms with E-state index in [1.165, 1.54) is 18.2 Å². The average molecular weight is 412 g/mol. The monoisotopic (exact) mass is 412 g/mol. The van der Waals surface area contributed by atoms with Gasteiger partial charge in [0.25, 0.3) is 5.56 Å². The number of ketones is 1. The van der Waals surface area contributed by atoms with Gasteiger partial charge in [-0.25, -0.2) is 4.98 Å². The first-order chi connectivity index (χ1) is 14.3. The third-order valence-corrected chi connectivity index (χ3v) is 5.71. The minimum Gasteiger partial charge on any atom is -0.306 e. The van der Waals surface area contributed by atoms with Crippen molar-refractivity contribution < 1.29 is 18.0 Å². The van der Waals surface area contributed by atoms with Crippen molar-refractivity contribution in [1.82, 2.24) is 9.97 Å². The van der Waals surface area contributed by atoms with Crippen LogP contribution in [-0.2, 0) is 11.6 Å². The quantitative estimate of drug-likeness (QED) is 0.590. The molecule has 0 saturated heterocycles. The van der Waals surface area contributed by atoms with Crippen LogP contribution in [0.1, 0.15) is 47.3 Å². The van der Waals surface area contributed by atoms with E-state index in [1.807, 2.05) is 6.07 Å². The van der Waals surface area contributed by atoms with Crippen LogP contribution in [0.5, 0.6) is 0 Å². The van der Waals surface area contributed by atoms with Crippen molar-refractivity contribution in [2.45, 2.75) is 37.3 Å². The molecular formula is C23H19F3N2O2. The molecule has 1 aliphatic carbocycles. The van der Waals surface area contributed by atoms with Gasteiger partial charge in [-0.05, 0) is 30.5 Å². The Hall–Kier alpha value is -3.22. The van der Waals surface area contributed by atoms with Crippen molar-refractivity contribution >= 4 is 5.78 Å². The second kappa shape index (κ2) is 7.55. The third kappa shape index (κ3) is 3.92. The summed E-state index contributed by atoms with van der Waals surface area (Å²) < 4.78 is 38.6. The second-order valence-corrected chi connectivity index (χ2v) is 7.65. The van der Waals surface area contributed by atoms with Crippen molar-refractivity contribution in [3.8, 4) is 11.4 Å². The molecule has 0 spiro atoms. The summed E-state index contributed by atoms with van der Waals surface area (Å²) >= 11 is 0. The normalized spacial score (nSPS) is 15.4. The molecule has 1 aliphatic rings. The first-order valence-corrected chi connectivity index (χ1v) is 9.65. The lowest BCUT2D eigenvalue weighted by molar-refractivity contribution is -0.137. The minimum atomic E-state index is -4.40. The van der Waals surface area contributed by atoms with E-state index in [2.05, 4.69) is 9.97 Å². The van der Waals surface area contributed by atoms with Crippen LogP contribution in [0.4, 0.5) is 13.2 Å². The van der Waals surface area contributed by atoms with Gasteiger partial charge in [0, 0.05) is 23.5 Å². The van der Waals surface area contributed by atoms with Crippen LogP contribution >= 0.6 is 0 Å². The molecule has 4 nitrogen and oxygen atoms in total. The van der Waals surface area contributed by atoms with E-state index in [1.54, 1.807) is 24.3 Å². The van der Waals surface area contributed by atoms with Crippen molar-refractivity contribution in [3.05, 3.63) is 87.8 Å². The van der Waals surface area contributed by atoms with Gasteiger partial charge in [0.2, 0.25) is 0 Å². The largest absolute Gasteiger partial charge is 0.416 e. The van der Waals surface area contributed by atoms with Crippen LogP contribution in [0.25, 0.3) is 11.4 Å². The Morgan fingerprint density at radius 3 is 2.27 bits per heavy atom. The van der Waals surface area contributed by atoms with Crippen LogP contribution in [-0.4, -0.2) is 15.8 Å². The molecule has 7 heteroatoms. The lowest BCUT2D eigenvalue weighted by Gasteiger charge is -2.42. The summed E-state index contributed by atoms with van der Waals surface area (Å²) in [5.74, 6) is 0.0153. The molecule has 1 heterocycles. The number of hydrogen-bond donors (Lipinski definition) is 1. The van der Waals surface area contributed by atoms with Gasteiger partial charge in [0.05, 0.1) is 5.56 Å². The number of rotatable bonds is 5. The molecule has 1 N–H and O–H groups in total. The van der Waals surface area contributed by atoms with E-state index in [-0.39, 0.29) is 17.9 Å². The van der Waals surface area contributed by atoms with Gasteiger partial charge in [0.1, 0.15) is 11.5 Å². The summed E-state index contributed by atoms with van der Waals surface area (Å²) in [4.78, 5) is 32.0. The molecule has 1 aromatic heterocycles. The third-order valence-electron chi connectivity index (χ3n) is 5.71. The molecule has 1 fully saturated rings. The Balaban J connectivity index is 1.61. The lowest BCUT2D eigenvalue weighted by Crippen LogP contribution is -2.37. The number of H-pyrrole nitrogens is 1. The summed E-state index contributed by atoms with van der Waals surface area (Å²) in [5.41, 5.74) is -0.192. The zero-order chi connectivity index (χ0) is 21.4. The summed E-state index contributed by atoms with van der Waals surface area (Å²) in [6, 6.07) is 15.2. The number of aromatic nitrogens is 2. The highest BCUT2D eigenvalue weighted by molar-refractivity contribution is 5.95. The van der Waals surface area contributed by atoms with E-state index in [4.69, 9.17) is 0 Å². The van der Waals surface area contributed by atoms with Crippen molar-refractivity contribution in [1.29, 1.82) is 0 Å². The van der Waals surface area contributed by atoms with Gasteiger partial charge in [-0.1, -0.05) is 48.9 Å². The molecule has 30 heavy (non-hydrogen) atoms. The van der Waals surface area contributed by atoms with Gasteiger partial charge >= 0.3 is 6.18 Å². The zero-order valence-corrected chi connectivity index (χ0v) is 16.0. The maximum Gasteiger partial charge on any atom is 0.416 e. The highest BCUT2D eigenvalue weighted by atomic mass is 19.4. The van der Waals surface area contributed by atoms with Crippen molar-refractivity contribution in [2.24, 2.45) is 0 Å². The van der Waals surface area contributed by atoms with Gasteiger partial charge < -0.3 is 4.98 Å². The van der Waals surface area contributed by atoms with Crippen LogP contribution in [0.2, 0.25) is 0 Å². The molecular weight excluding hydrogens is 393 g/mol. The van der Waals surface area contributed by atoms with Crippen LogP contribution in [0.15, 0.2) is 65.5 Å². The number of carbonyl (C=O) groups excluding carboxylic acids is 1. The fourth-order valence-corrected chi connectivity index (χ4v) is 3.91. The van der Waals surface area contributed by atoms with E-state index < -0.39 is 22.7 Å². The van der Waals surface area contributed by atoms with Crippen LogP contribution in [0.3, 0.4) is 0 Å². The maximum atomic E-state index is 13.0. The summed E-state index contributed by atoms with van der Waals surface area (Å²) in [5, 5.41) is 0. The topological polar surface area (TPSA) is 62.8 Å². The van der Waals surface area contributed by atoms with Gasteiger partial charge in [0.15, 0.2) is 5.78 Å². The van der Waals surface area contributed by atoms with E-state index in [0.29, 0.717) is 29.8 Å². The minimum absolute atomic E-state index is 0.0655. The molecule has 2 aromatic carbocycles. The van der Waals surface area contributed by atoms with E-state index in [9.17, 15) is 22.8 Å².